The van der Waals surface area contributed by atoms with Crippen LogP contribution in [0.2, 0.25) is 0 Å². The third-order valence-electron chi connectivity index (χ3n) is 6.66. The SMILES string of the molecule is C#CC(=O)NC1C2CCC1CN(c1ccc(-c3cc(OCC)cn4ncc(C#N)c34)cn1)C2. The summed E-state index contributed by atoms with van der Waals surface area (Å²) in [6.45, 7) is 4.14. The molecule has 1 saturated heterocycles. The lowest BCUT2D eigenvalue weighted by atomic mass is 9.92. The number of nitriles is 1. The summed E-state index contributed by atoms with van der Waals surface area (Å²) in [5, 5.41) is 16.9. The van der Waals surface area contributed by atoms with Gasteiger partial charge in [-0.15, -0.1) is 6.42 Å². The molecule has 4 heterocycles. The lowest BCUT2D eigenvalue weighted by Crippen LogP contribution is -2.52. The number of amides is 1. The molecular weight excluding hydrogens is 416 g/mol. The first kappa shape index (κ1) is 20.8. The van der Waals surface area contributed by atoms with E-state index in [0.717, 1.165) is 48.4 Å². The topological polar surface area (TPSA) is 95.5 Å². The van der Waals surface area contributed by atoms with Gasteiger partial charge in [0.1, 0.15) is 17.6 Å². The highest BCUT2D eigenvalue weighted by atomic mass is 16.5. The van der Waals surface area contributed by atoms with Crippen LogP contribution in [0, 0.1) is 35.5 Å². The molecule has 3 aromatic rings. The average Bonchev–Trinajstić information content (AvgIpc) is 3.34. The first-order chi connectivity index (χ1) is 16.1. The summed E-state index contributed by atoms with van der Waals surface area (Å²) in [6.07, 6.45) is 12.6. The molecule has 1 N–H and O–H groups in total. The van der Waals surface area contributed by atoms with E-state index in [2.05, 4.69) is 27.3 Å². The summed E-state index contributed by atoms with van der Waals surface area (Å²) in [5.41, 5.74) is 2.98. The molecule has 33 heavy (non-hydrogen) atoms. The second-order valence-electron chi connectivity index (χ2n) is 8.54. The number of nitrogens with zero attached hydrogens (tertiary/aromatic N) is 5. The molecule has 2 unspecified atom stereocenters. The van der Waals surface area contributed by atoms with Gasteiger partial charge in [0.05, 0.1) is 30.1 Å². The van der Waals surface area contributed by atoms with Crippen LogP contribution in [0.5, 0.6) is 5.75 Å². The molecule has 0 radical (unpaired) electrons. The van der Waals surface area contributed by atoms with Crippen molar-refractivity contribution in [3.63, 3.8) is 0 Å². The highest BCUT2D eigenvalue weighted by Gasteiger charge is 2.42. The number of ether oxygens (including phenoxy) is 1. The largest absolute Gasteiger partial charge is 0.492 e. The Morgan fingerprint density at radius 2 is 2.09 bits per heavy atom. The van der Waals surface area contributed by atoms with Crippen molar-refractivity contribution in [2.45, 2.75) is 25.8 Å². The molecule has 2 aliphatic rings. The van der Waals surface area contributed by atoms with Gasteiger partial charge in [-0.25, -0.2) is 9.50 Å². The lowest BCUT2D eigenvalue weighted by Gasteiger charge is -2.38. The zero-order chi connectivity index (χ0) is 22.9. The smallest absolute Gasteiger partial charge is 0.295 e. The van der Waals surface area contributed by atoms with Crippen LogP contribution in [0.4, 0.5) is 5.82 Å². The van der Waals surface area contributed by atoms with Crippen LogP contribution >= 0.6 is 0 Å². The number of fused-ring (bicyclic) bond motifs is 3. The van der Waals surface area contributed by atoms with Crippen LogP contribution in [-0.2, 0) is 4.79 Å². The maximum absolute atomic E-state index is 11.7. The molecule has 1 amide bonds. The van der Waals surface area contributed by atoms with Crippen LogP contribution in [-0.4, -0.2) is 46.2 Å². The molecule has 2 bridgehead atoms. The number of rotatable bonds is 5. The minimum atomic E-state index is -0.329. The molecular formula is C25H24N6O2. The average molecular weight is 441 g/mol. The maximum Gasteiger partial charge on any atom is 0.295 e. The number of carbonyl (C=O) groups is 1. The van der Waals surface area contributed by atoms with E-state index < -0.39 is 0 Å². The number of nitrogens with one attached hydrogen (secondary N) is 1. The normalized spacial score (nSPS) is 21.4. The number of carbonyl (C=O) groups excluding carboxylic acids is 1. The van der Waals surface area contributed by atoms with Crippen molar-refractivity contribution < 1.29 is 9.53 Å². The minimum absolute atomic E-state index is 0.143. The van der Waals surface area contributed by atoms with Gasteiger partial charge in [0.2, 0.25) is 0 Å². The van der Waals surface area contributed by atoms with Crippen molar-refractivity contribution in [3.05, 3.63) is 42.4 Å². The van der Waals surface area contributed by atoms with Crippen LogP contribution in [0.15, 0.2) is 36.8 Å². The number of piperidine rings is 1. The lowest BCUT2D eigenvalue weighted by molar-refractivity contribution is -0.116. The Labute approximate surface area is 192 Å². The highest BCUT2D eigenvalue weighted by Crippen LogP contribution is 2.39. The van der Waals surface area contributed by atoms with Gasteiger partial charge in [-0.1, -0.05) is 0 Å². The van der Waals surface area contributed by atoms with Crippen LogP contribution in [0.25, 0.3) is 16.6 Å². The van der Waals surface area contributed by atoms with E-state index in [4.69, 9.17) is 16.1 Å². The third-order valence-corrected chi connectivity index (χ3v) is 6.66. The second kappa shape index (κ2) is 8.48. The molecule has 1 aliphatic heterocycles. The van der Waals surface area contributed by atoms with Crippen molar-refractivity contribution in [2.24, 2.45) is 11.8 Å². The molecule has 1 saturated carbocycles. The van der Waals surface area contributed by atoms with E-state index in [1.165, 1.54) is 0 Å². The van der Waals surface area contributed by atoms with Gasteiger partial charge >= 0.3 is 0 Å². The Hall–Kier alpha value is -4.04. The van der Waals surface area contributed by atoms with Crippen molar-refractivity contribution in [2.75, 3.05) is 24.6 Å². The number of hydrogen-bond acceptors (Lipinski definition) is 6. The van der Waals surface area contributed by atoms with E-state index in [1.807, 2.05) is 31.3 Å². The zero-order valence-electron chi connectivity index (χ0n) is 18.4. The summed E-state index contributed by atoms with van der Waals surface area (Å²) in [7, 11) is 0. The first-order valence-corrected chi connectivity index (χ1v) is 11.1. The predicted molar refractivity (Wildman–Crippen MR) is 123 cm³/mol. The van der Waals surface area contributed by atoms with Crippen molar-refractivity contribution >= 4 is 17.2 Å². The van der Waals surface area contributed by atoms with E-state index in [1.54, 1.807) is 16.9 Å². The van der Waals surface area contributed by atoms with Gasteiger partial charge in [-0.3, -0.25) is 4.79 Å². The van der Waals surface area contributed by atoms with Crippen LogP contribution < -0.4 is 15.0 Å². The summed E-state index contributed by atoms with van der Waals surface area (Å²) in [4.78, 5) is 18.7. The summed E-state index contributed by atoms with van der Waals surface area (Å²) >= 11 is 0. The van der Waals surface area contributed by atoms with Gasteiger partial charge in [0.25, 0.3) is 5.91 Å². The summed E-state index contributed by atoms with van der Waals surface area (Å²) in [5.74, 6) is 4.17. The number of pyridine rings is 2. The monoisotopic (exact) mass is 440 g/mol. The van der Waals surface area contributed by atoms with Gasteiger partial charge in [-0.05, 0) is 55.7 Å². The Morgan fingerprint density at radius 1 is 1.30 bits per heavy atom. The van der Waals surface area contributed by atoms with Gasteiger partial charge < -0.3 is 15.0 Å². The van der Waals surface area contributed by atoms with E-state index in [-0.39, 0.29) is 11.9 Å². The number of hydrogen-bond donors (Lipinski definition) is 1. The molecule has 1 aliphatic carbocycles. The van der Waals surface area contributed by atoms with Gasteiger partial charge in [0.15, 0.2) is 0 Å². The van der Waals surface area contributed by atoms with Crippen LogP contribution in [0.3, 0.4) is 0 Å². The fourth-order valence-electron chi connectivity index (χ4n) is 5.22. The number of anilines is 1. The molecule has 0 aromatic carbocycles. The molecule has 8 heteroatoms. The van der Waals surface area contributed by atoms with Crippen molar-refractivity contribution in [1.82, 2.24) is 19.9 Å². The second-order valence-corrected chi connectivity index (χ2v) is 8.54. The fourth-order valence-corrected chi connectivity index (χ4v) is 5.22. The van der Waals surface area contributed by atoms with E-state index >= 15 is 0 Å². The first-order valence-electron chi connectivity index (χ1n) is 11.1. The molecule has 166 valence electrons. The maximum atomic E-state index is 11.7. The van der Waals surface area contributed by atoms with Crippen molar-refractivity contribution in [1.29, 1.82) is 5.26 Å². The Kier molecular flexibility index (Phi) is 5.35. The Bertz CT molecular complexity index is 1270. The number of terminal acetylenes is 1. The van der Waals surface area contributed by atoms with Gasteiger partial charge in [0, 0.05) is 36.5 Å². The minimum Gasteiger partial charge on any atom is -0.492 e. The molecule has 5 rings (SSSR count). The number of aromatic nitrogens is 3. The molecule has 2 fully saturated rings. The van der Waals surface area contributed by atoms with E-state index in [9.17, 15) is 10.1 Å². The zero-order valence-corrected chi connectivity index (χ0v) is 18.4. The Morgan fingerprint density at radius 3 is 2.73 bits per heavy atom. The molecule has 0 spiro atoms. The fraction of sp³-hybridized carbons (Fsp3) is 0.360. The van der Waals surface area contributed by atoms with Gasteiger partial charge in [-0.2, -0.15) is 10.4 Å². The predicted octanol–water partition coefficient (Wildman–Crippen LogP) is 2.63. The Balaban J connectivity index is 1.42. The van der Waals surface area contributed by atoms with Crippen molar-refractivity contribution in [3.8, 4) is 35.3 Å². The molecule has 8 nitrogen and oxygen atoms in total. The van der Waals surface area contributed by atoms with Crippen LogP contribution in [0.1, 0.15) is 25.3 Å². The van der Waals surface area contributed by atoms with E-state index in [0.29, 0.717) is 29.8 Å². The summed E-state index contributed by atoms with van der Waals surface area (Å²) < 4.78 is 7.38. The quantitative estimate of drug-likeness (QED) is 0.613. The third kappa shape index (κ3) is 3.74. The summed E-state index contributed by atoms with van der Waals surface area (Å²) in [6, 6.07) is 8.33. The molecule has 2 atom stereocenters. The highest BCUT2D eigenvalue weighted by molar-refractivity contribution is 5.93. The molecule has 3 aromatic heterocycles. The standard InChI is InChI=1S/C25H24N6O2/c1-3-23(32)29-24-17-5-6-18(24)14-30(13-17)22-8-7-16(11-27-22)21-9-20(33-4-2)15-31-25(21)19(10-26)12-28-31/h1,7-9,11-12,15,17-18,24H,4-6,13-14H2,2H3,(H,29,32).